The van der Waals surface area contributed by atoms with Crippen LogP contribution in [0.15, 0.2) is 28.2 Å². The number of nitrogens with zero attached hydrogens (tertiary/aromatic N) is 2. The molecule has 0 N–H and O–H groups in total. The minimum absolute atomic E-state index is 0.0317. The number of hydrogen-bond donors (Lipinski definition) is 0. The highest BCUT2D eigenvalue weighted by atomic mass is 32.2. The van der Waals surface area contributed by atoms with E-state index in [1.165, 1.54) is 23.1 Å². The molecule has 0 bridgehead atoms. The van der Waals surface area contributed by atoms with Gasteiger partial charge in [-0.15, -0.1) is 11.3 Å². The third-order valence-electron chi connectivity index (χ3n) is 5.22. The van der Waals surface area contributed by atoms with Crippen LogP contribution in [0, 0.1) is 27.7 Å². The Morgan fingerprint density at radius 3 is 2.62 bits per heavy atom. The van der Waals surface area contributed by atoms with E-state index in [1.807, 2.05) is 52.8 Å². The first-order chi connectivity index (χ1) is 13.7. The number of methoxy groups -OCH3 is 1. The Kier molecular flexibility index (Phi) is 6.61. The molecule has 0 amide bonds. The van der Waals surface area contributed by atoms with Gasteiger partial charge in [0.25, 0.3) is 5.56 Å². The molecule has 2 aromatic heterocycles. The van der Waals surface area contributed by atoms with E-state index in [0.717, 1.165) is 26.4 Å². The minimum Gasteiger partial charge on any atom is -0.383 e. The van der Waals surface area contributed by atoms with E-state index < -0.39 is 0 Å². The Labute approximate surface area is 179 Å². The number of benzene rings is 1. The second-order valence-electron chi connectivity index (χ2n) is 7.23. The van der Waals surface area contributed by atoms with Gasteiger partial charge in [-0.25, -0.2) is 4.98 Å². The van der Waals surface area contributed by atoms with Crippen molar-refractivity contribution < 1.29 is 9.53 Å². The van der Waals surface area contributed by atoms with E-state index in [-0.39, 0.29) is 16.6 Å². The average Bonchev–Trinajstić information content (AvgIpc) is 2.97. The number of carbonyl (C=O) groups excluding carboxylic acids is 1. The Bertz CT molecular complexity index is 1130. The first kappa shape index (κ1) is 21.7. The van der Waals surface area contributed by atoms with Gasteiger partial charge in [0.15, 0.2) is 10.9 Å². The van der Waals surface area contributed by atoms with E-state index >= 15 is 0 Å². The van der Waals surface area contributed by atoms with Gasteiger partial charge in [-0.3, -0.25) is 14.2 Å². The molecule has 3 rings (SSSR count). The van der Waals surface area contributed by atoms with Crippen LogP contribution in [0.3, 0.4) is 0 Å². The Morgan fingerprint density at radius 2 is 1.97 bits per heavy atom. The van der Waals surface area contributed by atoms with Crippen molar-refractivity contribution in [1.29, 1.82) is 0 Å². The van der Waals surface area contributed by atoms with Crippen molar-refractivity contribution in [2.45, 2.75) is 51.6 Å². The molecule has 5 nitrogen and oxygen atoms in total. The molecule has 2 heterocycles. The summed E-state index contributed by atoms with van der Waals surface area (Å²) in [5.41, 5.74) is 3.84. The molecule has 3 aromatic rings. The van der Waals surface area contributed by atoms with Crippen LogP contribution in [0.5, 0.6) is 0 Å². The van der Waals surface area contributed by atoms with Gasteiger partial charge in [-0.1, -0.05) is 23.9 Å². The predicted molar refractivity (Wildman–Crippen MR) is 121 cm³/mol. The molecule has 0 unspecified atom stereocenters. The minimum atomic E-state index is -0.364. The number of Topliss-reactive ketones (excluding diaryl/α,β-unsaturated/α-hetero) is 1. The molecule has 1 atom stereocenters. The zero-order chi connectivity index (χ0) is 21.3. The number of thiophene rings is 1. The fourth-order valence-corrected chi connectivity index (χ4v) is 5.20. The first-order valence-corrected chi connectivity index (χ1v) is 11.2. The van der Waals surface area contributed by atoms with Crippen LogP contribution in [-0.2, 0) is 11.3 Å². The lowest BCUT2D eigenvalue weighted by Gasteiger charge is -2.15. The average molecular weight is 431 g/mol. The SMILES string of the molecule is COCCn1c(S[C@H](C)C(=O)c2ccc(C)c(C)c2)nc2sc(C)c(C)c2c1=O. The van der Waals surface area contributed by atoms with Crippen molar-refractivity contribution in [3.63, 3.8) is 0 Å². The van der Waals surface area contributed by atoms with Crippen molar-refractivity contribution >= 4 is 39.1 Å². The zero-order valence-electron chi connectivity index (χ0n) is 17.7. The Hall–Kier alpha value is -1.96. The summed E-state index contributed by atoms with van der Waals surface area (Å²) in [6, 6.07) is 5.76. The molecular weight excluding hydrogens is 404 g/mol. The number of ether oxygens (including phenoxy) is 1. The van der Waals surface area contributed by atoms with E-state index in [4.69, 9.17) is 9.72 Å². The predicted octanol–water partition coefficient (Wildman–Crippen LogP) is 4.70. The van der Waals surface area contributed by atoms with Crippen molar-refractivity contribution in [2.24, 2.45) is 0 Å². The van der Waals surface area contributed by atoms with E-state index in [2.05, 4.69) is 0 Å². The van der Waals surface area contributed by atoms with Crippen molar-refractivity contribution in [1.82, 2.24) is 9.55 Å². The van der Waals surface area contributed by atoms with Gasteiger partial charge < -0.3 is 4.74 Å². The molecule has 0 spiro atoms. The molecular formula is C22H26N2O3S2. The maximum Gasteiger partial charge on any atom is 0.263 e. The molecule has 0 aliphatic heterocycles. The monoisotopic (exact) mass is 430 g/mol. The lowest BCUT2D eigenvalue weighted by atomic mass is 10.0. The van der Waals surface area contributed by atoms with Gasteiger partial charge in [0.2, 0.25) is 0 Å². The molecule has 1 aromatic carbocycles. The molecule has 154 valence electrons. The third kappa shape index (κ3) is 4.32. The number of fused-ring (bicyclic) bond motifs is 1. The van der Waals surface area contributed by atoms with Crippen LogP contribution >= 0.6 is 23.1 Å². The summed E-state index contributed by atoms with van der Waals surface area (Å²) in [7, 11) is 1.61. The summed E-state index contributed by atoms with van der Waals surface area (Å²) in [5.74, 6) is 0.0317. The van der Waals surface area contributed by atoms with Crippen LogP contribution in [0.2, 0.25) is 0 Å². The van der Waals surface area contributed by atoms with Gasteiger partial charge in [0.05, 0.1) is 23.8 Å². The van der Waals surface area contributed by atoms with Gasteiger partial charge in [0.1, 0.15) is 4.83 Å². The standard InChI is InChI=1S/C22H26N2O3S2/c1-12-7-8-17(11-13(12)2)19(25)16(5)29-22-23-20-18(14(3)15(4)28-20)21(26)24(22)9-10-27-6/h7-8,11,16H,9-10H2,1-6H3/t16-/m1/s1. The van der Waals surface area contributed by atoms with Gasteiger partial charge >= 0.3 is 0 Å². The number of rotatable bonds is 7. The molecule has 0 saturated heterocycles. The quantitative estimate of drug-likeness (QED) is 0.309. The smallest absolute Gasteiger partial charge is 0.263 e. The third-order valence-corrected chi connectivity index (χ3v) is 7.41. The Balaban J connectivity index is 2.00. The van der Waals surface area contributed by atoms with Crippen LogP contribution in [0.4, 0.5) is 0 Å². The summed E-state index contributed by atoms with van der Waals surface area (Å²) in [6.07, 6.45) is 0. The summed E-state index contributed by atoms with van der Waals surface area (Å²) in [4.78, 5) is 32.7. The van der Waals surface area contributed by atoms with Crippen molar-refractivity contribution in [2.75, 3.05) is 13.7 Å². The highest BCUT2D eigenvalue weighted by molar-refractivity contribution is 8.00. The summed E-state index contributed by atoms with van der Waals surface area (Å²) >= 11 is 2.85. The highest BCUT2D eigenvalue weighted by Crippen LogP contribution is 2.30. The number of aryl methyl sites for hydroxylation is 4. The normalized spacial score (nSPS) is 12.5. The topological polar surface area (TPSA) is 61.2 Å². The summed E-state index contributed by atoms with van der Waals surface area (Å²) < 4.78 is 6.83. The second-order valence-corrected chi connectivity index (χ2v) is 9.74. The van der Waals surface area contributed by atoms with Crippen LogP contribution in [0.25, 0.3) is 10.2 Å². The maximum atomic E-state index is 13.2. The fourth-order valence-electron chi connectivity index (χ4n) is 3.12. The van der Waals surface area contributed by atoms with E-state index in [1.54, 1.807) is 11.7 Å². The van der Waals surface area contributed by atoms with Crippen LogP contribution in [0.1, 0.15) is 38.8 Å². The van der Waals surface area contributed by atoms with Gasteiger partial charge in [-0.05, 0) is 57.4 Å². The number of carbonyl (C=O) groups is 1. The van der Waals surface area contributed by atoms with Crippen LogP contribution in [-0.4, -0.2) is 34.3 Å². The second kappa shape index (κ2) is 8.81. The first-order valence-electron chi connectivity index (χ1n) is 9.52. The maximum absolute atomic E-state index is 13.2. The van der Waals surface area contributed by atoms with Gasteiger partial charge in [0, 0.05) is 17.6 Å². The molecule has 0 aliphatic rings. The highest BCUT2D eigenvalue weighted by Gasteiger charge is 2.22. The molecule has 7 heteroatoms. The Morgan fingerprint density at radius 1 is 1.24 bits per heavy atom. The molecule has 29 heavy (non-hydrogen) atoms. The summed E-state index contributed by atoms with van der Waals surface area (Å²) in [5, 5.41) is 0.865. The fraction of sp³-hybridized carbons (Fsp3) is 0.409. The number of aromatic nitrogens is 2. The van der Waals surface area contributed by atoms with Crippen molar-refractivity contribution in [3.05, 3.63) is 55.7 Å². The number of thioether (sulfide) groups is 1. The van der Waals surface area contributed by atoms with E-state index in [9.17, 15) is 9.59 Å². The molecule has 0 aliphatic carbocycles. The van der Waals surface area contributed by atoms with E-state index in [0.29, 0.717) is 29.3 Å². The lowest BCUT2D eigenvalue weighted by Crippen LogP contribution is -2.26. The summed E-state index contributed by atoms with van der Waals surface area (Å²) in [6.45, 7) is 10.7. The van der Waals surface area contributed by atoms with Gasteiger partial charge in [-0.2, -0.15) is 0 Å². The molecule has 0 saturated carbocycles. The molecule has 0 radical (unpaired) electrons. The number of ketones is 1. The largest absolute Gasteiger partial charge is 0.383 e. The lowest BCUT2D eigenvalue weighted by molar-refractivity contribution is 0.0993. The zero-order valence-corrected chi connectivity index (χ0v) is 19.3. The van der Waals surface area contributed by atoms with Crippen molar-refractivity contribution in [3.8, 4) is 0 Å². The van der Waals surface area contributed by atoms with Crippen LogP contribution < -0.4 is 5.56 Å². The number of hydrogen-bond acceptors (Lipinski definition) is 6. The molecule has 0 fully saturated rings.